The van der Waals surface area contributed by atoms with Crippen LogP contribution in [0.3, 0.4) is 0 Å². The highest BCUT2D eigenvalue weighted by Gasteiger charge is 2.20. The van der Waals surface area contributed by atoms with Crippen LogP contribution in [0.1, 0.15) is 29.7 Å². The first-order valence-corrected chi connectivity index (χ1v) is 11.6. The Morgan fingerprint density at radius 2 is 1.41 bits per heavy atom. The minimum Gasteiger partial charge on any atom is -0.378 e. The Morgan fingerprint density at radius 1 is 0.781 bits per heavy atom. The number of benzene rings is 2. The third-order valence-corrected chi connectivity index (χ3v) is 6.18. The second-order valence-corrected chi connectivity index (χ2v) is 8.41. The maximum absolute atomic E-state index is 5.57. The van der Waals surface area contributed by atoms with Crippen molar-refractivity contribution in [2.24, 2.45) is 4.99 Å². The van der Waals surface area contributed by atoms with Gasteiger partial charge in [-0.2, -0.15) is 0 Å². The fourth-order valence-electron chi connectivity index (χ4n) is 4.51. The summed E-state index contributed by atoms with van der Waals surface area (Å²) in [6.07, 6.45) is 2.55. The minimum absolute atomic E-state index is 0.763. The van der Waals surface area contributed by atoms with E-state index in [0.29, 0.717) is 0 Å². The molecular formula is C27H30N4O. The number of hydrogen-bond donors (Lipinski definition) is 0. The lowest BCUT2D eigenvalue weighted by Crippen LogP contribution is -2.37. The molecule has 2 saturated heterocycles. The first-order valence-electron chi connectivity index (χ1n) is 11.6. The van der Waals surface area contributed by atoms with E-state index in [4.69, 9.17) is 14.7 Å². The topological polar surface area (TPSA) is 41.0 Å². The molecule has 0 spiro atoms. The van der Waals surface area contributed by atoms with Crippen LogP contribution >= 0.6 is 0 Å². The predicted molar refractivity (Wildman–Crippen MR) is 130 cm³/mol. The normalized spacial score (nSPS) is 16.8. The molecule has 0 aliphatic carbocycles. The Hall–Kier alpha value is -3.02. The minimum atomic E-state index is 0.763. The van der Waals surface area contributed by atoms with E-state index in [-0.39, 0.29) is 0 Å². The van der Waals surface area contributed by atoms with Crippen molar-refractivity contribution in [2.75, 3.05) is 44.3 Å². The first kappa shape index (κ1) is 20.9. The van der Waals surface area contributed by atoms with Gasteiger partial charge in [0, 0.05) is 30.8 Å². The van der Waals surface area contributed by atoms with Gasteiger partial charge < -0.3 is 9.64 Å². The molecule has 0 N–H and O–H groups in total. The average Bonchev–Trinajstić information content (AvgIpc) is 3.37. The maximum Gasteiger partial charge on any atom is 0.153 e. The zero-order chi connectivity index (χ0) is 21.6. The number of likely N-dealkylation sites (tertiary alicyclic amines) is 1. The van der Waals surface area contributed by atoms with Gasteiger partial charge in [0.2, 0.25) is 0 Å². The van der Waals surface area contributed by atoms with Gasteiger partial charge in [-0.3, -0.25) is 4.90 Å². The third kappa shape index (κ3) is 4.90. The van der Waals surface area contributed by atoms with Crippen LogP contribution < -0.4 is 4.90 Å². The second-order valence-electron chi connectivity index (χ2n) is 8.41. The van der Waals surface area contributed by atoms with Crippen LogP contribution in [0.5, 0.6) is 0 Å². The molecule has 0 saturated carbocycles. The van der Waals surface area contributed by atoms with E-state index in [1.807, 2.05) is 12.1 Å². The standard InChI is InChI=1S/C27H30N4O/c1-3-9-22(10-4-1)27(23-11-5-2-6-12-23)29-26-14-13-25(31-17-19-32-20-18-31)24(28-26)21-30-15-7-8-16-30/h1-6,9-14H,7-8,15-21H2. The monoisotopic (exact) mass is 426 g/mol. The molecule has 2 aliphatic heterocycles. The lowest BCUT2D eigenvalue weighted by molar-refractivity contribution is 0.122. The number of morpholine rings is 1. The fraction of sp³-hybridized carbons (Fsp3) is 0.333. The lowest BCUT2D eigenvalue weighted by Gasteiger charge is -2.31. The molecule has 5 rings (SSSR count). The van der Waals surface area contributed by atoms with Crippen LogP contribution in [0.25, 0.3) is 0 Å². The number of anilines is 1. The van der Waals surface area contributed by atoms with E-state index in [9.17, 15) is 0 Å². The van der Waals surface area contributed by atoms with Gasteiger partial charge in [-0.05, 0) is 38.1 Å². The van der Waals surface area contributed by atoms with Crippen molar-refractivity contribution >= 4 is 17.2 Å². The number of hydrogen-bond acceptors (Lipinski definition) is 5. The van der Waals surface area contributed by atoms with Crippen molar-refractivity contribution in [2.45, 2.75) is 19.4 Å². The van der Waals surface area contributed by atoms with E-state index in [0.717, 1.165) is 74.3 Å². The summed E-state index contributed by atoms with van der Waals surface area (Å²) in [5.74, 6) is 0.763. The molecule has 0 atom stereocenters. The number of nitrogens with zero attached hydrogens (tertiary/aromatic N) is 4. The van der Waals surface area contributed by atoms with E-state index in [1.165, 1.54) is 18.5 Å². The van der Waals surface area contributed by atoms with Gasteiger partial charge in [0.25, 0.3) is 0 Å². The molecule has 32 heavy (non-hydrogen) atoms. The Labute approximate surface area is 190 Å². The molecule has 3 aromatic rings. The largest absolute Gasteiger partial charge is 0.378 e. The quantitative estimate of drug-likeness (QED) is 0.537. The molecular weight excluding hydrogens is 396 g/mol. The van der Waals surface area contributed by atoms with Gasteiger partial charge >= 0.3 is 0 Å². The van der Waals surface area contributed by atoms with Gasteiger partial charge in [0.15, 0.2) is 5.82 Å². The van der Waals surface area contributed by atoms with Gasteiger partial charge in [0.1, 0.15) is 0 Å². The number of aromatic nitrogens is 1. The number of pyridine rings is 1. The van der Waals surface area contributed by atoms with Crippen LogP contribution in [0, 0.1) is 0 Å². The van der Waals surface area contributed by atoms with Crippen molar-refractivity contribution in [1.29, 1.82) is 0 Å². The first-order chi connectivity index (χ1) is 15.9. The highest BCUT2D eigenvalue weighted by Crippen LogP contribution is 2.27. The van der Waals surface area contributed by atoms with Crippen LogP contribution in [-0.2, 0) is 11.3 Å². The van der Waals surface area contributed by atoms with Crippen molar-refractivity contribution < 1.29 is 4.74 Å². The molecule has 2 aliphatic rings. The van der Waals surface area contributed by atoms with E-state index in [2.05, 4.69) is 70.5 Å². The maximum atomic E-state index is 5.57. The second kappa shape index (κ2) is 10.1. The van der Waals surface area contributed by atoms with Gasteiger partial charge in [0.05, 0.1) is 30.3 Å². The van der Waals surface area contributed by atoms with Crippen LogP contribution in [0.4, 0.5) is 11.5 Å². The summed E-state index contributed by atoms with van der Waals surface area (Å²) in [5, 5.41) is 0. The van der Waals surface area contributed by atoms with E-state index >= 15 is 0 Å². The fourth-order valence-corrected chi connectivity index (χ4v) is 4.51. The Balaban J connectivity index is 1.54. The number of rotatable bonds is 6. The molecule has 3 heterocycles. The Bertz CT molecular complexity index is 998. The van der Waals surface area contributed by atoms with Crippen molar-refractivity contribution in [1.82, 2.24) is 9.88 Å². The van der Waals surface area contributed by atoms with Gasteiger partial charge in [-0.15, -0.1) is 0 Å². The summed E-state index contributed by atoms with van der Waals surface area (Å²) in [5.41, 5.74) is 5.48. The zero-order valence-corrected chi connectivity index (χ0v) is 18.5. The molecule has 0 unspecified atom stereocenters. The van der Waals surface area contributed by atoms with Crippen LogP contribution in [0.15, 0.2) is 77.8 Å². The summed E-state index contributed by atoms with van der Waals surface area (Å²) in [7, 11) is 0. The molecule has 5 nitrogen and oxygen atoms in total. The summed E-state index contributed by atoms with van der Waals surface area (Å²) in [4.78, 5) is 15.1. The smallest absolute Gasteiger partial charge is 0.153 e. The summed E-state index contributed by atoms with van der Waals surface area (Å²) in [6, 6.07) is 25.0. The SMILES string of the molecule is c1ccc(C(=Nc2ccc(N3CCOCC3)c(CN3CCCC3)n2)c2ccccc2)cc1. The third-order valence-electron chi connectivity index (χ3n) is 6.18. The Morgan fingerprint density at radius 3 is 2.03 bits per heavy atom. The zero-order valence-electron chi connectivity index (χ0n) is 18.5. The molecule has 0 amide bonds. The lowest BCUT2D eigenvalue weighted by atomic mass is 10.0. The molecule has 1 aromatic heterocycles. The van der Waals surface area contributed by atoms with Crippen LogP contribution in [-0.4, -0.2) is 55.0 Å². The molecule has 164 valence electrons. The predicted octanol–water partition coefficient (Wildman–Crippen LogP) is 4.68. The molecule has 5 heteroatoms. The van der Waals surface area contributed by atoms with E-state index in [1.54, 1.807) is 0 Å². The summed E-state index contributed by atoms with van der Waals surface area (Å²) < 4.78 is 5.57. The molecule has 2 aromatic carbocycles. The van der Waals surface area contributed by atoms with Crippen LogP contribution in [0.2, 0.25) is 0 Å². The van der Waals surface area contributed by atoms with Crippen molar-refractivity contribution in [3.8, 4) is 0 Å². The molecule has 0 radical (unpaired) electrons. The molecule has 0 bridgehead atoms. The summed E-state index contributed by atoms with van der Waals surface area (Å²) >= 11 is 0. The highest BCUT2D eigenvalue weighted by atomic mass is 16.5. The number of ether oxygens (including phenoxy) is 1. The van der Waals surface area contributed by atoms with Gasteiger partial charge in [-0.1, -0.05) is 60.7 Å². The highest BCUT2D eigenvalue weighted by molar-refractivity contribution is 6.13. The van der Waals surface area contributed by atoms with Crippen molar-refractivity contribution in [3.63, 3.8) is 0 Å². The van der Waals surface area contributed by atoms with Crippen molar-refractivity contribution in [3.05, 3.63) is 89.6 Å². The number of aliphatic imine (C=N–C) groups is 1. The average molecular weight is 427 g/mol. The molecule has 2 fully saturated rings. The summed E-state index contributed by atoms with van der Waals surface area (Å²) in [6.45, 7) is 6.55. The van der Waals surface area contributed by atoms with Gasteiger partial charge in [-0.25, -0.2) is 9.98 Å². The van der Waals surface area contributed by atoms with E-state index < -0.39 is 0 Å². The Kier molecular flexibility index (Phi) is 6.56.